The molecule has 2 heterocycles. The summed E-state index contributed by atoms with van der Waals surface area (Å²) in [6.45, 7) is 0.649. The molecule has 3 aromatic rings. The number of carbonyl (C=O) groups excluding carboxylic acids is 1. The minimum atomic E-state index is -3.89. The predicted molar refractivity (Wildman–Crippen MR) is 117 cm³/mol. The summed E-state index contributed by atoms with van der Waals surface area (Å²) in [6.07, 6.45) is 1.55. The first kappa shape index (κ1) is 21.3. The fraction of sp³-hybridized carbons (Fsp3) is 0.250. The fourth-order valence-electron chi connectivity index (χ4n) is 3.58. The highest BCUT2D eigenvalue weighted by atomic mass is 79.9. The van der Waals surface area contributed by atoms with Crippen LogP contribution in [0.1, 0.15) is 28.9 Å². The molecule has 0 atom stereocenters. The molecule has 0 radical (unpaired) electrons. The number of hydrogen-bond donors (Lipinski definition) is 2. The van der Waals surface area contributed by atoms with Gasteiger partial charge in [-0.1, -0.05) is 33.6 Å². The highest BCUT2D eigenvalue weighted by Crippen LogP contribution is 2.33. The number of aromatic nitrogens is 1. The van der Waals surface area contributed by atoms with Gasteiger partial charge in [0, 0.05) is 45.6 Å². The number of halogens is 3. The van der Waals surface area contributed by atoms with Crippen LogP contribution < -0.4 is 5.32 Å². The van der Waals surface area contributed by atoms with Crippen molar-refractivity contribution in [1.29, 1.82) is 0 Å². The van der Waals surface area contributed by atoms with Crippen molar-refractivity contribution in [2.45, 2.75) is 24.3 Å². The predicted octanol–water partition coefficient (Wildman–Crippen LogP) is 4.44. The Morgan fingerprint density at radius 2 is 1.97 bits per heavy atom. The molecule has 1 amide bonds. The zero-order chi connectivity index (χ0) is 21.5. The molecular formula is C20H18BrClFN3O3S. The number of rotatable bonds is 5. The van der Waals surface area contributed by atoms with E-state index in [0.29, 0.717) is 28.5 Å². The van der Waals surface area contributed by atoms with Crippen molar-refractivity contribution in [3.63, 3.8) is 0 Å². The summed E-state index contributed by atoms with van der Waals surface area (Å²) in [5.41, 5.74) is 0.572. The topological polar surface area (TPSA) is 82.3 Å². The Morgan fingerprint density at radius 1 is 1.23 bits per heavy atom. The average Bonchev–Trinajstić information content (AvgIpc) is 3.36. The zero-order valence-corrected chi connectivity index (χ0v) is 18.9. The third-order valence-electron chi connectivity index (χ3n) is 5.09. The second-order valence-electron chi connectivity index (χ2n) is 7.01. The van der Waals surface area contributed by atoms with Crippen molar-refractivity contribution in [3.05, 3.63) is 63.0 Å². The Labute approximate surface area is 186 Å². The van der Waals surface area contributed by atoms with Crippen LogP contribution in [0.3, 0.4) is 0 Å². The van der Waals surface area contributed by atoms with Crippen LogP contribution >= 0.6 is 27.5 Å². The van der Waals surface area contributed by atoms with Gasteiger partial charge >= 0.3 is 0 Å². The number of aromatic amines is 1. The number of benzene rings is 2. The van der Waals surface area contributed by atoms with Crippen molar-refractivity contribution in [1.82, 2.24) is 14.6 Å². The molecule has 0 bridgehead atoms. The maximum absolute atomic E-state index is 14.0. The smallest absolute Gasteiger partial charge is 0.269 e. The van der Waals surface area contributed by atoms with Crippen molar-refractivity contribution in [2.75, 3.05) is 13.1 Å². The third-order valence-corrected chi connectivity index (χ3v) is 7.92. The monoisotopic (exact) mass is 513 g/mol. The normalized spacial score (nSPS) is 15.0. The maximum atomic E-state index is 14.0. The van der Waals surface area contributed by atoms with Crippen molar-refractivity contribution >= 4 is 54.4 Å². The van der Waals surface area contributed by atoms with Crippen molar-refractivity contribution < 1.29 is 17.6 Å². The first-order chi connectivity index (χ1) is 14.3. The SMILES string of the molecule is O=C(NCc1c(F)cccc1Cl)c1[nH]c2ccc(Br)cc2c1S(=O)(=O)N1CCCC1. The molecule has 1 saturated heterocycles. The summed E-state index contributed by atoms with van der Waals surface area (Å²) < 4.78 is 42.8. The van der Waals surface area contributed by atoms with Gasteiger partial charge in [-0.15, -0.1) is 0 Å². The van der Waals surface area contributed by atoms with Gasteiger partial charge in [-0.2, -0.15) is 4.31 Å². The molecule has 0 unspecified atom stereocenters. The molecular weight excluding hydrogens is 497 g/mol. The number of amides is 1. The second-order valence-corrected chi connectivity index (χ2v) is 10.2. The lowest BCUT2D eigenvalue weighted by molar-refractivity contribution is 0.0943. The van der Waals surface area contributed by atoms with Gasteiger partial charge in [0.05, 0.1) is 0 Å². The van der Waals surface area contributed by atoms with Crippen LogP contribution in [0, 0.1) is 5.82 Å². The van der Waals surface area contributed by atoms with E-state index in [4.69, 9.17) is 11.6 Å². The number of fused-ring (bicyclic) bond motifs is 1. The molecule has 2 aromatic carbocycles. The number of sulfonamides is 1. The van der Waals surface area contributed by atoms with Crippen LogP contribution in [0.2, 0.25) is 5.02 Å². The number of carbonyl (C=O) groups is 1. The van der Waals surface area contributed by atoms with Crippen LogP contribution in [0.15, 0.2) is 45.8 Å². The average molecular weight is 515 g/mol. The van der Waals surface area contributed by atoms with E-state index in [2.05, 4.69) is 26.2 Å². The van der Waals surface area contributed by atoms with E-state index < -0.39 is 21.7 Å². The number of nitrogens with zero attached hydrogens (tertiary/aromatic N) is 1. The minimum Gasteiger partial charge on any atom is -0.349 e. The molecule has 1 fully saturated rings. The molecule has 0 spiro atoms. The fourth-order valence-corrected chi connectivity index (χ4v) is 6.02. The molecule has 0 aliphatic carbocycles. The Balaban J connectivity index is 1.75. The lowest BCUT2D eigenvalue weighted by atomic mass is 10.2. The van der Waals surface area contributed by atoms with Crippen molar-refractivity contribution in [2.24, 2.45) is 0 Å². The van der Waals surface area contributed by atoms with Crippen molar-refractivity contribution in [3.8, 4) is 0 Å². The standard InChI is InChI=1S/C20H18BrClFN3O3S/c21-12-6-7-17-13(10-12)19(30(28,29)26-8-1-2-9-26)18(25-17)20(27)24-11-14-15(22)4-3-5-16(14)23/h3-7,10,25H,1-2,8-9,11H2,(H,24,27). The first-order valence-electron chi connectivity index (χ1n) is 9.31. The highest BCUT2D eigenvalue weighted by Gasteiger charge is 2.34. The zero-order valence-electron chi connectivity index (χ0n) is 15.7. The summed E-state index contributed by atoms with van der Waals surface area (Å²) >= 11 is 9.38. The Kier molecular flexibility index (Phi) is 5.89. The van der Waals surface area contributed by atoms with Crippen LogP contribution in [-0.2, 0) is 16.6 Å². The highest BCUT2D eigenvalue weighted by molar-refractivity contribution is 9.10. The van der Waals surface area contributed by atoms with Gasteiger partial charge < -0.3 is 10.3 Å². The molecule has 6 nitrogen and oxygen atoms in total. The minimum absolute atomic E-state index is 0.0715. The number of hydrogen-bond acceptors (Lipinski definition) is 3. The largest absolute Gasteiger partial charge is 0.349 e. The molecule has 2 N–H and O–H groups in total. The van der Waals surface area contributed by atoms with Gasteiger partial charge in [0.15, 0.2) is 0 Å². The van der Waals surface area contributed by atoms with E-state index in [1.54, 1.807) is 18.2 Å². The molecule has 1 aliphatic heterocycles. The molecule has 158 valence electrons. The lowest BCUT2D eigenvalue weighted by Crippen LogP contribution is -2.31. The third kappa shape index (κ3) is 3.87. The van der Waals surface area contributed by atoms with E-state index in [-0.39, 0.29) is 27.7 Å². The number of nitrogens with one attached hydrogen (secondary N) is 2. The number of H-pyrrole nitrogens is 1. The molecule has 10 heteroatoms. The van der Waals surface area contributed by atoms with E-state index >= 15 is 0 Å². The van der Waals surface area contributed by atoms with E-state index in [0.717, 1.165) is 12.8 Å². The lowest BCUT2D eigenvalue weighted by Gasteiger charge is -2.16. The Morgan fingerprint density at radius 3 is 2.67 bits per heavy atom. The van der Waals surface area contributed by atoms with E-state index in [1.807, 2.05) is 0 Å². The molecule has 1 aliphatic rings. The van der Waals surface area contributed by atoms with Crippen LogP contribution in [-0.4, -0.2) is 36.7 Å². The van der Waals surface area contributed by atoms with Gasteiger partial charge in [0.2, 0.25) is 10.0 Å². The summed E-state index contributed by atoms with van der Waals surface area (Å²) in [5.74, 6) is -1.20. The summed E-state index contributed by atoms with van der Waals surface area (Å²) in [4.78, 5) is 15.8. The summed E-state index contributed by atoms with van der Waals surface area (Å²) in [7, 11) is -3.89. The molecule has 4 rings (SSSR count). The van der Waals surface area contributed by atoms with Crippen LogP contribution in [0.5, 0.6) is 0 Å². The van der Waals surface area contributed by atoms with Gasteiger partial charge in [-0.3, -0.25) is 4.79 Å². The quantitative estimate of drug-likeness (QED) is 0.528. The second kappa shape index (κ2) is 8.30. The van der Waals surface area contributed by atoms with Gasteiger partial charge in [-0.05, 0) is 43.2 Å². The summed E-state index contributed by atoms with van der Waals surface area (Å²) in [6, 6.07) is 9.37. The first-order valence-corrected chi connectivity index (χ1v) is 11.9. The van der Waals surface area contributed by atoms with Crippen LogP contribution in [0.25, 0.3) is 10.9 Å². The molecule has 1 aromatic heterocycles. The Hall–Kier alpha value is -1.94. The summed E-state index contributed by atoms with van der Waals surface area (Å²) in [5, 5.41) is 3.19. The Bertz CT molecular complexity index is 1220. The maximum Gasteiger partial charge on any atom is 0.269 e. The van der Waals surface area contributed by atoms with Gasteiger partial charge in [0.25, 0.3) is 5.91 Å². The molecule has 30 heavy (non-hydrogen) atoms. The van der Waals surface area contributed by atoms with E-state index in [1.165, 1.54) is 22.5 Å². The van der Waals surface area contributed by atoms with Crippen LogP contribution in [0.4, 0.5) is 4.39 Å². The molecule has 0 saturated carbocycles. The van der Waals surface area contributed by atoms with E-state index in [9.17, 15) is 17.6 Å². The van der Waals surface area contributed by atoms with Gasteiger partial charge in [-0.25, -0.2) is 12.8 Å². The van der Waals surface area contributed by atoms with Gasteiger partial charge in [0.1, 0.15) is 16.4 Å².